The SMILES string of the molecule is CC(C)C[C@@H]1NC(=O)[C@H](C(C)C)NC(=O)[C@H](Cc2ccccc2)NC(=O)[C@H](C)NC(=O)[C@H](C(C)C)NC1=O. The van der Waals surface area contributed by atoms with Crippen molar-refractivity contribution in [1.82, 2.24) is 26.6 Å². The molecule has 5 N–H and O–H groups in total. The van der Waals surface area contributed by atoms with Crippen molar-refractivity contribution >= 4 is 29.5 Å². The van der Waals surface area contributed by atoms with Crippen LogP contribution in [0.5, 0.6) is 0 Å². The van der Waals surface area contributed by atoms with E-state index in [0.29, 0.717) is 6.42 Å². The Kier molecular flexibility index (Phi) is 11.3. The maximum absolute atomic E-state index is 13.4. The molecule has 10 heteroatoms. The van der Waals surface area contributed by atoms with Gasteiger partial charge < -0.3 is 26.6 Å². The number of carbonyl (C=O) groups excluding carboxylic acids is 5. The fourth-order valence-electron chi connectivity index (χ4n) is 4.27. The molecular formula is C28H43N5O5. The highest BCUT2D eigenvalue weighted by Gasteiger charge is 2.35. The van der Waals surface area contributed by atoms with E-state index in [0.717, 1.165) is 5.56 Å². The molecule has 10 nitrogen and oxygen atoms in total. The summed E-state index contributed by atoms with van der Waals surface area (Å²) in [5, 5.41) is 13.7. The van der Waals surface area contributed by atoms with Crippen molar-refractivity contribution in [3.05, 3.63) is 35.9 Å². The normalized spacial score (nSPS) is 26.2. The molecule has 0 aromatic heterocycles. The fraction of sp³-hybridized carbons (Fsp3) is 0.607. The lowest BCUT2D eigenvalue weighted by molar-refractivity contribution is -0.135. The smallest absolute Gasteiger partial charge is 0.243 e. The van der Waals surface area contributed by atoms with Crippen molar-refractivity contribution in [2.75, 3.05) is 0 Å². The van der Waals surface area contributed by atoms with Gasteiger partial charge in [0.25, 0.3) is 0 Å². The summed E-state index contributed by atoms with van der Waals surface area (Å²) in [5.41, 5.74) is 0.819. The molecule has 1 aromatic carbocycles. The number of rotatable bonds is 6. The van der Waals surface area contributed by atoms with Crippen molar-refractivity contribution < 1.29 is 24.0 Å². The van der Waals surface area contributed by atoms with Crippen LogP contribution in [0.4, 0.5) is 0 Å². The van der Waals surface area contributed by atoms with E-state index >= 15 is 0 Å². The predicted octanol–water partition coefficient (Wildman–Crippen LogP) is 1.04. The minimum atomic E-state index is -0.990. The van der Waals surface area contributed by atoms with Gasteiger partial charge in [0.05, 0.1) is 0 Å². The summed E-state index contributed by atoms with van der Waals surface area (Å²) < 4.78 is 0. The zero-order chi connectivity index (χ0) is 28.6. The molecular weight excluding hydrogens is 486 g/mol. The number of hydrogen-bond acceptors (Lipinski definition) is 5. The molecule has 5 amide bonds. The molecule has 1 fully saturated rings. The Hall–Kier alpha value is -3.43. The summed E-state index contributed by atoms with van der Waals surface area (Å²) in [6, 6.07) is 4.47. The zero-order valence-corrected chi connectivity index (χ0v) is 23.5. The predicted molar refractivity (Wildman–Crippen MR) is 145 cm³/mol. The van der Waals surface area contributed by atoms with Gasteiger partial charge in [0.15, 0.2) is 0 Å². The van der Waals surface area contributed by atoms with Gasteiger partial charge >= 0.3 is 0 Å². The average molecular weight is 530 g/mol. The minimum Gasteiger partial charge on any atom is -0.343 e. The summed E-state index contributed by atoms with van der Waals surface area (Å²) in [4.78, 5) is 66.2. The summed E-state index contributed by atoms with van der Waals surface area (Å²) >= 11 is 0. The van der Waals surface area contributed by atoms with Crippen LogP contribution in [-0.4, -0.2) is 59.7 Å². The second-order valence-corrected chi connectivity index (χ2v) is 11.1. The Balaban J connectivity index is 2.49. The first kappa shape index (κ1) is 30.8. The quantitative estimate of drug-likeness (QED) is 0.374. The van der Waals surface area contributed by atoms with Gasteiger partial charge in [-0.3, -0.25) is 24.0 Å². The Labute approximate surface area is 225 Å². The van der Waals surface area contributed by atoms with Crippen LogP contribution in [0.3, 0.4) is 0 Å². The lowest BCUT2D eigenvalue weighted by atomic mass is 9.98. The Morgan fingerprint density at radius 3 is 1.58 bits per heavy atom. The van der Waals surface area contributed by atoms with E-state index in [9.17, 15) is 24.0 Å². The summed E-state index contributed by atoms with van der Waals surface area (Å²) in [6.45, 7) is 12.5. The van der Waals surface area contributed by atoms with E-state index < -0.39 is 59.7 Å². The van der Waals surface area contributed by atoms with E-state index in [4.69, 9.17) is 0 Å². The standard InChI is InChI=1S/C28H43N5O5/c1-15(2)13-20-25(35)32-22(16(3)4)27(37)29-18(7)24(34)30-21(14-19-11-9-8-10-12-19)26(36)33-23(17(5)6)28(38)31-20/h8-12,15-18,20-23H,13-14H2,1-7H3,(H,29,37)(H,30,34)(H,31,38)(H,32,35)(H,33,36)/t18-,20-,21-,22-,23-/m0/s1. The largest absolute Gasteiger partial charge is 0.343 e. The molecule has 1 aliphatic rings. The molecule has 0 unspecified atom stereocenters. The number of hydrogen-bond donors (Lipinski definition) is 5. The maximum Gasteiger partial charge on any atom is 0.243 e. The third-order valence-corrected chi connectivity index (χ3v) is 6.50. The molecule has 1 aliphatic heterocycles. The second-order valence-electron chi connectivity index (χ2n) is 11.1. The molecule has 0 radical (unpaired) electrons. The Morgan fingerprint density at radius 1 is 0.605 bits per heavy atom. The molecule has 1 heterocycles. The van der Waals surface area contributed by atoms with Gasteiger partial charge in [0.2, 0.25) is 29.5 Å². The second kappa shape index (κ2) is 13.9. The highest BCUT2D eigenvalue weighted by Crippen LogP contribution is 2.12. The van der Waals surface area contributed by atoms with E-state index in [-0.39, 0.29) is 24.2 Å². The maximum atomic E-state index is 13.4. The highest BCUT2D eigenvalue weighted by molar-refractivity contribution is 5.98. The molecule has 0 bridgehead atoms. The monoisotopic (exact) mass is 529 g/mol. The van der Waals surface area contributed by atoms with Gasteiger partial charge in [-0.05, 0) is 36.7 Å². The van der Waals surface area contributed by atoms with Crippen LogP contribution >= 0.6 is 0 Å². The van der Waals surface area contributed by atoms with E-state index in [1.54, 1.807) is 27.7 Å². The van der Waals surface area contributed by atoms with Crippen LogP contribution in [0.1, 0.15) is 60.5 Å². The van der Waals surface area contributed by atoms with Crippen molar-refractivity contribution in [2.45, 2.75) is 91.5 Å². The molecule has 5 atom stereocenters. The van der Waals surface area contributed by atoms with Crippen LogP contribution in [0.15, 0.2) is 30.3 Å². The molecule has 2 rings (SSSR count). The number of nitrogens with one attached hydrogen (secondary N) is 5. The lowest BCUT2D eigenvalue weighted by Gasteiger charge is -2.28. The topological polar surface area (TPSA) is 146 Å². The molecule has 1 aromatic rings. The average Bonchev–Trinajstić information content (AvgIpc) is 2.83. The van der Waals surface area contributed by atoms with Gasteiger partial charge in [-0.1, -0.05) is 71.9 Å². The number of benzene rings is 1. The first-order valence-electron chi connectivity index (χ1n) is 13.4. The number of carbonyl (C=O) groups is 5. The molecule has 0 aliphatic carbocycles. The van der Waals surface area contributed by atoms with Crippen LogP contribution in [0.2, 0.25) is 0 Å². The fourth-order valence-corrected chi connectivity index (χ4v) is 4.27. The molecule has 1 saturated heterocycles. The third kappa shape index (κ3) is 8.85. The van der Waals surface area contributed by atoms with Crippen LogP contribution in [0.25, 0.3) is 0 Å². The van der Waals surface area contributed by atoms with Crippen molar-refractivity contribution in [3.63, 3.8) is 0 Å². The molecule has 0 saturated carbocycles. The third-order valence-electron chi connectivity index (χ3n) is 6.50. The van der Waals surface area contributed by atoms with Gasteiger partial charge in [-0.25, -0.2) is 0 Å². The van der Waals surface area contributed by atoms with Gasteiger partial charge in [-0.2, -0.15) is 0 Å². The minimum absolute atomic E-state index is 0.0728. The summed E-state index contributed by atoms with van der Waals surface area (Å²) in [7, 11) is 0. The molecule has 0 spiro atoms. The number of amides is 5. The van der Waals surface area contributed by atoms with Crippen molar-refractivity contribution in [1.29, 1.82) is 0 Å². The van der Waals surface area contributed by atoms with Crippen LogP contribution in [-0.2, 0) is 30.4 Å². The molecule has 210 valence electrons. The zero-order valence-electron chi connectivity index (χ0n) is 23.5. The van der Waals surface area contributed by atoms with Crippen LogP contribution < -0.4 is 26.6 Å². The van der Waals surface area contributed by atoms with Crippen molar-refractivity contribution in [2.24, 2.45) is 17.8 Å². The van der Waals surface area contributed by atoms with Gasteiger partial charge in [0, 0.05) is 6.42 Å². The van der Waals surface area contributed by atoms with Crippen LogP contribution in [0, 0.1) is 17.8 Å². The van der Waals surface area contributed by atoms with E-state index in [2.05, 4.69) is 26.6 Å². The highest BCUT2D eigenvalue weighted by atomic mass is 16.2. The first-order valence-corrected chi connectivity index (χ1v) is 13.4. The molecule has 38 heavy (non-hydrogen) atoms. The Morgan fingerprint density at radius 2 is 1.08 bits per heavy atom. The van der Waals surface area contributed by atoms with Gasteiger partial charge in [-0.15, -0.1) is 0 Å². The Bertz CT molecular complexity index is 995. The van der Waals surface area contributed by atoms with Gasteiger partial charge in [0.1, 0.15) is 30.2 Å². The van der Waals surface area contributed by atoms with Crippen molar-refractivity contribution in [3.8, 4) is 0 Å². The van der Waals surface area contributed by atoms with E-state index in [1.807, 2.05) is 44.2 Å². The summed E-state index contributed by atoms with van der Waals surface area (Å²) in [5.74, 6) is -3.12. The first-order chi connectivity index (χ1) is 17.8. The summed E-state index contributed by atoms with van der Waals surface area (Å²) in [6.07, 6.45) is 0.534. The lowest BCUT2D eigenvalue weighted by Crippen LogP contribution is -2.59. The van der Waals surface area contributed by atoms with E-state index in [1.165, 1.54) is 6.92 Å².